The minimum absolute atomic E-state index is 0.134. The Bertz CT molecular complexity index is 949. The van der Waals surface area contributed by atoms with Crippen molar-refractivity contribution in [1.82, 2.24) is 4.90 Å². The molecule has 1 atom stereocenters. The van der Waals surface area contributed by atoms with E-state index in [1.54, 1.807) is 36.3 Å². The number of ether oxygens (including phenoxy) is 1. The van der Waals surface area contributed by atoms with Crippen molar-refractivity contribution in [3.8, 4) is 5.75 Å². The summed E-state index contributed by atoms with van der Waals surface area (Å²) in [5.41, 5.74) is 0.670. The number of thiophene rings is 1. The van der Waals surface area contributed by atoms with Crippen LogP contribution in [0.1, 0.15) is 87.6 Å². The second-order valence-electron chi connectivity index (χ2n) is 8.92. The van der Waals surface area contributed by atoms with E-state index in [4.69, 9.17) is 4.74 Å². The third-order valence-electron chi connectivity index (χ3n) is 6.47. The van der Waals surface area contributed by atoms with Gasteiger partial charge in [-0.3, -0.25) is 9.59 Å². The normalized spacial score (nSPS) is 17.5. The Morgan fingerprint density at radius 3 is 2.12 bits per heavy atom. The van der Waals surface area contributed by atoms with Gasteiger partial charge in [-0.05, 0) is 42.1 Å². The molecule has 2 heterocycles. The van der Waals surface area contributed by atoms with Gasteiger partial charge in [-0.2, -0.15) is 0 Å². The van der Waals surface area contributed by atoms with Crippen molar-refractivity contribution >= 4 is 28.8 Å². The van der Waals surface area contributed by atoms with Crippen LogP contribution < -0.4 is 4.74 Å². The molecule has 1 aliphatic rings. The quantitative estimate of drug-likeness (QED) is 0.135. The summed E-state index contributed by atoms with van der Waals surface area (Å²) in [6.45, 7) is 2.75. The molecule has 1 aromatic heterocycles. The minimum Gasteiger partial charge on any atom is -0.507 e. The minimum atomic E-state index is -0.612. The van der Waals surface area contributed by atoms with Gasteiger partial charge in [0.1, 0.15) is 11.5 Å². The molecule has 1 fully saturated rings. The van der Waals surface area contributed by atoms with Gasteiger partial charge in [0.05, 0.1) is 18.7 Å². The molecule has 1 N–H and O–H groups in total. The lowest BCUT2D eigenvalue weighted by molar-refractivity contribution is -0.139. The smallest absolute Gasteiger partial charge is 0.295 e. The van der Waals surface area contributed by atoms with Crippen molar-refractivity contribution in [1.29, 1.82) is 0 Å². The van der Waals surface area contributed by atoms with Gasteiger partial charge >= 0.3 is 0 Å². The monoisotopic (exact) mass is 483 g/mol. The fourth-order valence-corrected chi connectivity index (χ4v) is 5.37. The highest BCUT2D eigenvalue weighted by Crippen LogP contribution is 2.41. The number of benzene rings is 1. The number of rotatable bonds is 14. The van der Waals surface area contributed by atoms with Gasteiger partial charge in [0.2, 0.25) is 0 Å². The highest BCUT2D eigenvalue weighted by Gasteiger charge is 2.46. The van der Waals surface area contributed by atoms with Crippen molar-refractivity contribution in [3.63, 3.8) is 0 Å². The zero-order valence-electron chi connectivity index (χ0n) is 20.4. The first kappa shape index (κ1) is 26.0. The second-order valence-corrected chi connectivity index (χ2v) is 9.90. The number of ketones is 1. The molecular formula is C28H37NO4S. The van der Waals surface area contributed by atoms with Crippen LogP contribution in [0.2, 0.25) is 0 Å². The molecule has 3 rings (SSSR count). The average Bonchev–Trinajstić information content (AvgIpc) is 3.47. The number of hydrogen-bond acceptors (Lipinski definition) is 5. The lowest BCUT2D eigenvalue weighted by Gasteiger charge is -2.24. The SMILES string of the molecule is CCCCCCCCCCCCN1C(=O)C(=O)/C(=C(\O)c2ccc(OC)cc2)C1c1cccs1. The first-order valence-electron chi connectivity index (χ1n) is 12.5. The highest BCUT2D eigenvalue weighted by atomic mass is 32.1. The Morgan fingerprint density at radius 2 is 1.56 bits per heavy atom. The Labute approximate surface area is 207 Å². The molecule has 0 bridgehead atoms. The summed E-state index contributed by atoms with van der Waals surface area (Å²) in [6.07, 6.45) is 12.1. The first-order chi connectivity index (χ1) is 16.6. The molecular weight excluding hydrogens is 446 g/mol. The third kappa shape index (κ3) is 6.50. The molecule has 34 heavy (non-hydrogen) atoms. The van der Waals surface area contributed by atoms with E-state index in [0.717, 1.165) is 24.1 Å². The molecule has 1 amide bonds. The molecule has 0 aliphatic carbocycles. The number of Topliss-reactive ketones (excluding diaryl/α,β-unsaturated/α-hetero) is 1. The average molecular weight is 484 g/mol. The summed E-state index contributed by atoms with van der Waals surface area (Å²) in [5.74, 6) is -0.610. The highest BCUT2D eigenvalue weighted by molar-refractivity contribution is 7.10. The van der Waals surface area contributed by atoms with Crippen molar-refractivity contribution in [2.45, 2.75) is 77.2 Å². The van der Waals surface area contributed by atoms with Crippen LogP contribution in [-0.2, 0) is 9.59 Å². The van der Waals surface area contributed by atoms with E-state index >= 15 is 0 Å². The van der Waals surface area contributed by atoms with E-state index in [1.165, 1.54) is 56.3 Å². The second kappa shape index (κ2) is 13.3. The summed E-state index contributed by atoms with van der Waals surface area (Å²) < 4.78 is 5.19. The Morgan fingerprint density at radius 1 is 0.941 bits per heavy atom. The number of aliphatic hydroxyl groups is 1. The molecule has 1 aliphatic heterocycles. The lowest BCUT2D eigenvalue weighted by atomic mass is 9.99. The molecule has 1 unspecified atom stereocenters. The van der Waals surface area contributed by atoms with Crippen LogP contribution in [0.25, 0.3) is 5.76 Å². The van der Waals surface area contributed by atoms with E-state index in [1.807, 2.05) is 17.5 Å². The summed E-state index contributed by atoms with van der Waals surface area (Å²) in [6, 6.07) is 10.2. The number of nitrogens with zero attached hydrogens (tertiary/aromatic N) is 1. The summed E-state index contributed by atoms with van der Waals surface area (Å²) >= 11 is 1.50. The van der Waals surface area contributed by atoms with E-state index in [2.05, 4.69) is 6.92 Å². The van der Waals surface area contributed by atoms with Gasteiger partial charge in [0.25, 0.3) is 11.7 Å². The number of amides is 1. The Balaban J connectivity index is 1.65. The van der Waals surface area contributed by atoms with Crippen LogP contribution in [0, 0.1) is 0 Å². The van der Waals surface area contributed by atoms with Crippen LogP contribution >= 0.6 is 11.3 Å². The molecule has 6 heteroatoms. The summed E-state index contributed by atoms with van der Waals surface area (Å²) in [7, 11) is 1.57. The lowest BCUT2D eigenvalue weighted by Crippen LogP contribution is -2.30. The van der Waals surface area contributed by atoms with Gasteiger partial charge in [-0.15, -0.1) is 11.3 Å². The number of carbonyl (C=O) groups excluding carboxylic acids is 2. The largest absolute Gasteiger partial charge is 0.507 e. The molecule has 0 spiro atoms. The van der Waals surface area contributed by atoms with Gasteiger partial charge in [-0.25, -0.2) is 0 Å². The maximum absolute atomic E-state index is 13.0. The van der Waals surface area contributed by atoms with Crippen LogP contribution in [0.3, 0.4) is 0 Å². The van der Waals surface area contributed by atoms with Gasteiger partial charge < -0.3 is 14.7 Å². The van der Waals surface area contributed by atoms with Gasteiger partial charge in [0, 0.05) is 17.0 Å². The van der Waals surface area contributed by atoms with Crippen LogP contribution in [0.5, 0.6) is 5.75 Å². The van der Waals surface area contributed by atoms with Gasteiger partial charge in [-0.1, -0.05) is 70.8 Å². The van der Waals surface area contributed by atoms with Crippen molar-refractivity contribution in [2.24, 2.45) is 0 Å². The Hall–Kier alpha value is -2.60. The zero-order valence-corrected chi connectivity index (χ0v) is 21.2. The number of carbonyl (C=O) groups is 2. The van der Waals surface area contributed by atoms with Gasteiger partial charge in [0.15, 0.2) is 0 Å². The molecule has 0 radical (unpaired) electrons. The molecule has 1 aromatic carbocycles. The van der Waals surface area contributed by atoms with Crippen molar-refractivity contribution in [3.05, 3.63) is 57.8 Å². The molecule has 184 valence electrons. The van der Waals surface area contributed by atoms with E-state index in [0.29, 0.717) is 17.9 Å². The fourth-order valence-electron chi connectivity index (χ4n) is 4.53. The predicted octanol–water partition coefficient (Wildman–Crippen LogP) is 7.10. The van der Waals surface area contributed by atoms with E-state index in [9.17, 15) is 14.7 Å². The fraction of sp³-hybridized carbons (Fsp3) is 0.500. The number of likely N-dealkylation sites (tertiary alicyclic amines) is 1. The topological polar surface area (TPSA) is 66.8 Å². The predicted molar refractivity (Wildman–Crippen MR) is 138 cm³/mol. The van der Waals surface area contributed by atoms with Crippen LogP contribution in [0.4, 0.5) is 0 Å². The third-order valence-corrected chi connectivity index (χ3v) is 7.39. The first-order valence-corrected chi connectivity index (χ1v) is 13.4. The molecule has 1 saturated heterocycles. The van der Waals surface area contributed by atoms with Crippen LogP contribution in [-0.4, -0.2) is 35.4 Å². The molecule has 2 aromatic rings. The van der Waals surface area contributed by atoms with Crippen molar-refractivity contribution < 1.29 is 19.4 Å². The zero-order chi connectivity index (χ0) is 24.3. The van der Waals surface area contributed by atoms with E-state index < -0.39 is 17.7 Å². The maximum Gasteiger partial charge on any atom is 0.295 e. The summed E-state index contributed by atoms with van der Waals surface area (Å²) in [5, 5.41) is 13.0. The number of hydrogen-bond donors (Lipinski definition) is 1. The van der Waals surface area contributed by atoms with Crippen molar-refractivity contribution in [2.75, 3.05) is 13.7 Å². The molecule has 0 saturated carbocycles. The standard InChI is InChI=1S/C28H37NO4S/c1-3-4-5-6-7-8-9-10-11-12-19-29-25(23-14-13-20-34-23)24(27(31)28(29)32)26(30)21-15-17-22(33-2)18-16-21/h13-18,20,25,30H,3-12,19H2,1-2H3/b26-24-. The van der Waals surface area contributed by atoms with E-state index in [-0.39, 0.29) is 11.3 Å². The molecule has 5 nitrogen and oxygen atoms in total. The Kier molecular flexibility index (Phi) is 10.2. The summed E-state index contributed by atoms with van der Waals surface area (Å²) in [4.78, 5) is 28.5. The maximum atomic E-state index is 13.0. The number of aliphatic hydroxyl groups excluding tert-OH is 1. The van der Waals surface area contributed by atoms with Crippen LogP contribution in [0.15, 0.2) is 47.4 Å². The number of unbranched alkanes of at least 4 members (excludes halogenated alkanes) is 9. The number of methoxy groups -OCH3 is 1.